The second-order valence-electron chi connectivity index (χ2n) is 7.99. The number of benzene rings is 3. The molecule has 0 saturated carbocycles. The van der Waals surface area contributed by atoms with Crippen LogP contribution in [0.4, 0.5) is 5.69 Å². The highest BCUT2D eigenvalue weighted by molar-refractivity contribution is 9.10. The van der Waals surface area contributed by atoms with Gasteiger partial charge in [-0.2, -0.15) is 0 Å². The molecule has 0 radical (unpaired) electrons. The van der Waals surface area contributed by atoms with Gasteiger partial charge < -0.3 is 4.90 Å². The highest BCUT2D eigenvalue weighted by Crippen LogP contribution is 2.46. The number of thiocarbonyl (C=S) groups is 1. The third kappa shape index (κ3) is 4.16. The first-order valence-electron chi connectivity index (χ1n) is 10.4. The van der Waals surface area contributed by atoms with Gasteiger partial charge in [0.05, 0.1) is 29.3 Å². The van der Waals surface area contributed by atoms with Crippen molar-refractivity contribution in [2.75, 3.05) is 4.90 Å². The van der Waals surface area contributed by atoms with Gasteiger partial charge in [-0.25, -0.2) is 0 Å². The van der Waals surface area contributed by atoms with E-state index in [1.807, 2.05) is 79.7 Å². The molecule has 164 valence electrons. The molecule has 0 spiro atoms. The molecule has 2 amide bonds. The van der Waals surface area contributed by atoms with Crippen LogP contribution >= 0.6 is 39.9 Å². The fraction of sp³-hybridized carbons (Fsp3) is 0.115. The Morgan fingerprint density at radius 3 is 2.24 bits per heavy atom. The van der Waals surface area contributed by atoms with E-state index in [1.54, 1.807) is 9.80 Å². The van der Waals surface area contributed by atoms with Gasteiger partial charge in [0.2, 0.25) is 0 Å². The molecule has 33 heavy (non-hydrogen) atoms. The van der Waals surface area contributed by atoms with E-state index in [1.165, 1.54) is 11.8 Å². The molecule has 1 saturated heterocycles. The molecule has 0 N–H and O–H groups in total. The minimum atomic E-state index is -0.221. The summed E-state index contributed by atoms with van der Waals surface area (Å²) in [6.45, 7) is 2.84. The summed E-state index contributed by atoms with van der Waals surface area (Å²) in [5.41, 5.74) is 5.14. The number of fused-ring (bicyclic) bond motifs is 1. The van der Waals surface area contributed by atoms with E-state index in [9.17, 15) is 9.59 Å². The van der Waals surface area contributed by atoms with Gasteiger partial charge in [0.1, 0.15) is 4.32 Å². The molecule has 0 atom stereocenters. The van der Waals surface area contributed by atoms with Crippen LogP contribution in [0.3, 0.4) is 0 Å². The molecule has 2 heterocycles. The molecule has 5 rings (SSSR count). The zero-order chi connectivity index (χ0) is 23.1. The van der Waals surface area contributed by atoms with Crippen molar-refractivity contribution in [3.05, 3.63) is 104 Å². The molecule has 1 fully saturated rings. The molecular formula is C26H19BrN2O2S2. The van der Waals surface area contributed by atoms with Crippen molar-refractivity contribution in [2.24, 2.45) is 0 Å². The third-order valence-corrected chi connectivity index (χ3v) is 7.64. The molecule has 0 aliphatic carbocycles. The van der Waals surface area contributed by atoms with Crippen molar-refractivity contribution in [3.63, 3.8) is 0 Å². The fourth-order valence-electron chi connectivity index (χ4n) is 4.01. The predicted molar refractivity (Wildman–Crippen MR) is 141 cm³/mol. The topological polar surface area (TPSA) is 40.6 Å². The van der Waals surface area contributed by atoms with E-state index in [-0.39, 0.29) is 11.8 Å². The first-order valence-corrected chi connectivity index (χ1v) is 12.4. The van der Waals surface area contributed by atoms with E-state index in [4.69, 9.17) is 12.2 Å². The lowest BCUT2D eigenvalue weighted by Gasteiger charge is -2.17. The molecule has 3 aromatic rings. The number of carbonyl (C=O) groups is 2. The lowest BCUT2D eigenvalue weighted by atomic mass is 10.1. The maximum Gasteiger partial charge on any atom is 0.267 e. The maximum absolute atomic E-state index is 13.6. The van der Waals surface area contributed by atoms with Crippen LogP contribution in [-0.4, -0.2) is 21.0 Å². The van der Waals surface area contributed by atoms with E-state index < -0.39 is 0 Å². The highest BCUT2D eigenvalue weighted by atomic mass is 79.9. The van der Waals surface area contributed by atoms with Crippen LogP contribution in [0, 0.1) is 6.92 Å². The minimum absolute atomic E-state index is 0.178. The highest BCUT2D eigenvalue weighted by Gasteiger charge is 2.42. The second kappa shape index (κ2) is 8.89. The van der Waals surface area contributed by atoms with Crippen LogP contribution in [0.1, 0.15) is 22.3 Å². The molecule has 4 nitrogen and oxygen atoms in total. The third-order valence-electron chi connectivity index (χ3n) is 5.70. The molecule has 0 bridgehead atoms. The van der Waals surface area contributed by atoms with Gasteiger partial charge in [0.15, 0.2) is 0 Å². The summed E-state index contributed by atoms with van der Waals surface area (Å²) >= 11 is 10.3. The molecule has 0 aromatic heterocycles. The molecular weight excluding hydrogens is 516 g/mol. The van der Waals surface area contributed by atoms with Gasteiger partial charge in [0, 0.05) is 10.0 Å². The number of rotatable bonds is 4. The van der Waals surface area contributed by atoms with Crippen molar-refractivity contribution in [2.45, 2.75) is 20.0 Å². The van der Waals surface area contributed by atoms with Crippen LogP contribution in [0.2, 0.25) is 0 Å². The zero-order valence-electron chi connectivity index (χ0n) is 17.7. The number of anilines is 1. The lowest BCUT2D eigenvalue weighted by Crippen LogP contribution is -2.29. The Bertz CT molecular complexity index is 1320. The Balaban J connectivity index is 1.53. The summed E-state index contributed by atoms with van der Waals surface area (Å²) in [6, 6.07) is 23.6. The number of amides is 2. The lowest BCUT2D eigenvalue weighted by molar-refractivity contribution is -0.122. The van der Waals surface area contributed by atoms with Crippen molar-refractivity contribution in [1.29, 1.82) is 0 Å². The van der Waals surface area contributed by atoms with E-state index in [0.29, 0.717) is 27.9 Å². The van der Waals surface area contributed by atoms with Gasteiger partial charge in [-0.1, -0.05) is 100 Å². The summed E-state index contributed by atoms with van der Waals surface area (Å²) in [4.78, 5) is 30.8. The van der Waals surface area contributed by atoms with Crippen molar-refractivity contribution >= 4 is 67.3 Å². The van der Waals surface area contributed by atoms with Crippen LogP contribution in [0.5, 0.6) is 0 Å². The number of halogens is 1. The summed E-state index contributed by atoms with van der Waals surface area (Å²) < 4.78 is 1.32. The maximum atomic E-state index is 13.6. The first-order chi connectivity index (χ1) is 15.9. The molecule has 3 aromatic carbocycles. The number of carbonyl (C=O) groups excluding carboxylic acids is 2. The Kier molecular flexibility index (Phi) is 5.95. The smallest absolute Gasteiger partial charge is 0.267 e. The Morgan fingerprint density at radius 1 is 0.848 bits per heavy atom. The number of hydrogen-bond donors (Lipinski definition) is 0. The quantitative estimate of drug-likeness (QED) is 0.300. The molecule has 0 unspecified atom stereocenters. The molecule has 7 heteroatoms. The van der Waals surface area contributed by atoms with E-state index in [2.05, 4.69) is 15.9 Å². The fourth-order valence-corrected chi connectivity index (χ4v) is 5.70. The zero-order valence-corrected chi connectivity index (χ0v) is 21.0. The normalized spacial score (nSPS) is 17.8. The number of thioether (sulfide) groups is 1. The van der Waals surface area contributed by atoms with E-state index in [0.717, 1.165) is 32.4 Å². The molecule has 2 aliphatic rings. The second-order valence-corrected chi connectivity index (χ2v) is 10.5. The van der Waals surface area contributed by atoms with Crippen molar-refractivity contribution in [3.8, 4) is 0 Å². The van der Waals surface area contributed by atoms with Crippen LogP contribution in [0.15, 0.2) is 82.2 Å². The van der Waals surface area contributed by atoms with Gasteiger partial charge in [-0.3, -0.25) is 14.5 Å². The minimum Gasteiger partial charge on any atom is -0.303 e. The Labute approximate surface area is 210 Å². The monoisotopic (exact) mass is 534 g/mol. The predicted octanol–water partition coefficient (Wildman–Crippen LogP) is 6.08. The summed E-state index contributed by atoms with van der Waals surface area (Å²) in [5, 5.41) is 0. The van der Waals surface area contributed by atoms with E-state index >= 15 is 0 Å². The molecule has 2 aliphatic heterocycles. The SMILES string of the molecule is Cc1ccc(CN2C(=O)C(=C3C(=O)N(Cc4ccccc4)c4ccc(Br)cc43)SC2=S)cc1. The number of nitrogens with zero attached hydrogens (tertiary/aromatic N) is 2. The van der Waals surface area contributed by atoms with Crippen molar-refractivity contribution in [1.82, 2.24) is 4.90 Å². The van der Waals surface area contributed by atoms with Crippen molar-refractivity contribution < 1.29 is 9.59 Å². The van der Waals surface area contributed by atoms with Crippen LogP contribution in [0.25, 0.3) is 5.57 Å². The van der Waals surface area contributed by atoms with Gasteiger partial charge in [-0.05, 0) is 36.2 Å². The number of aryl methyl sites for hydroxylation is 1. The average molecular weight is 535 g/mol. The van der Waals surface area contributed by atoms with Crippen LogP contribution < -0.4 is 4.90 Å². The summed E-state index contributed by atoms with van der Waals surface area (Å²) in [7, 11) is 0. The summed E-state index contributed by atoms with van der Waals surface area (Å²) in [6.07, 6.45) is 0. The largest absolute Gasteiger partial charge is 0.303 e. The first kappa shape index (κ1) is 22.1. The Morgan fingerprint density at radius 2 is 1.52 bits per heavy atom. The van der Waals surface area contributed by atoms with Crippen LogP contribution in [-0.2, 0) is 22.7 Å². The van der Waals surface area contributed by atoms with Gasteiger partial charge in [-0.15, -0.1) is 0 Å². The number of hydrogen-bond acceptors (Lipinski definition) is 4. The van der Waals surface area contributed by atoms with Gasteiger partial charge in [0.25, 0.3) is 11.8 Å². The average Bonchev–Trinajstić information content (AvgIpc) is 3.23. The Hall–Kier alpha value is -2.74. The standard InChI is InChI=1S/C26H19BrN2O2S2/c1-16-7-9-18(10-8-16)15-29-25(31)23(33-26(29)32)22-20-13-19(27)11-12-21(20)28(24(22)30)14-17-5-3-2-4-6-17/h2-13H,14-15H2,1H3. The van der Waals surface area contributed by atoms with Gasteiger partial charge >= 0.3 is 0 Å². The summed E-state index contributed by atoms with van der Waals surface area (Å²) in [5.74, 6) is -0.399.